The van der Waals surface area contributed by atoms with Crippen LogP contribution in [-0.2, 0) is 6.61 Å². The van der Waals surface area contributed by atoms with Gasteiger partial charge in [0.25, 0.3) is 0 Å². The van der Waals surface area contributed by atoms with Crippen LogP contribution in [0.1, 0.15) is 49.9 Å². The number of nitrogens with zero attached hydrogens (tertiary/aromatic N) is 3. The fourth-order valence-electron chi connectivity index (χ4n) is 4.47. The van der Waals surface area contributed by atoms with Crippen LogP contribution in [0.3, 0.4) is 0 Å². The van der Waals surface area contributed by atoms with E-state index in [1.807, 2.05) is 6.92 Å². The van der Waals surface area contributed by atoms with Crippen LogP contribution in [0, 0.1) is 18.2 Å². The van der Waals surface area contributed by atoms with E-state index in [0.29, 0.717) is 21.0 Å². The summed E-state index contributed by atoms with van der Waals surface area (Å²) in [4.78, 5) is 12.0. The molecule has 2 fully saturated rings. The fourth-order valence-corrected chi connectivity index (χ4v) is 5.60. The smallest absolute Gasteiger partial charge is 0.155 e. The SMILES string of the molecule is Cc1nc(N2CCC3(CCCC3)CC2)c(CO)nc1Sc1cccc(Cl)c1F. The Bertz CT molecular complexity index is 863. The molecule has 1 aromatic heterocycles. The molecule has 7 heteroatoms. The Kier molecular flexibility index (Phi) is 5.81. The molecule has 150 valence electrons. The minimum Gasteiger partial charge on any atom is -0.390 e. The van der Waals surface area contributed by atoms with Gasteiger partial charge in [-0.05, 0) is 50.2 Å². The van der Waals surface area contributed by atoms with E-state index in [1.54, 1.807) is 12.1 Å². The number of aryl methyl sites for hydroxylation is 1. The Morgan fingerprint density at radius 3 is 2.57 bits per heavy atom. The first-order chi connectivity index (χ1) is 13.5. The summed E-state index contributed by atoms with van der Waals surface area (Å²) in [7, 11) is 0. The van der Waals surface area contributed by atoms with Gasteiger partial charge in [0.1, 0.15) is 10.7 Å². The number of hydrogen-bond acceptors (Lipinski definition) is 5. The molecule has 2 aromatic rings. The Morgan fingerprint density at radius 2 is 1.89 bits per heavy atom. The summed E-state index contributed by atoms with van der Waals surface area (Å²) >= 11 is 7.08. The van der Waals surface area contributed by atoms with Crippen molar-refractivity contribution in [3.8, 4) is 0 Å². The van der Waals surface area contributed by atoms with E-state index >= 15 is 0 Å². The van der Waals surface area contributed by atoms with E-state index < -0.39 is 5.82 Å². The molecule has 0 bridgehead atoms. The zero-order chi connectivity index (χ0) is 19.7. The highest BCUT2D eigenvalue weighted by Crippen LogP contribution is 2.46. The topological polar surface area (TPSA) is 49.2 Å². The van der Waals surface area contributed by atoms with Gasteiger partial charge in [0.15, 0.2) is 11.6 Å². The number of aliphatic hydroxyl groups is 1. The van der Waals surface area contributed by atoms with E-state index in [4.69, 9.17) is 16.6 Å². The monoisotopic (exact) mass is 421 g/mol. The molecule has 0 amide bonds. The summed E-state index contributed by atoms with van der Waals surface area (Å²) in [5.74, 6) is 0.312. The van der Waals surface area contributed by atoms with Gasteiger partial charge >= 0.3 is 0 Å². The van der Waals surface area contributed by atoms with Crippen molar-refractivity contribution in [2.45, 2.75) is 62.0 Å². The van der Waals surface area contributed by atoms with Crippen LogP contribution in [0.25, 0.3) is 0 Å². The van der Waals surface area contributed by atoms with Crippen molar-refractivity contribution in [3.05, 3.63) is 40.4 Å². The van der Waals surface area contributed by atoms with Crippen molar-refractivity contribution in [1.29, 1.82) is 0 Å². The number of rotatable bonds is 4. The molecule has 1 aliphatic heterocycles. The van der Waals surface area contributed by atoms with E-state index in [2.05, 4.69) is 9.88 Å². The van der Waals surface area contributed by atoms with Crippen molar-refractivity contribution in [1.82, 2.24) is 9.97 Å². The number of piperidine rings is 1. The highest BCUT2D eigenvalue weighted by atomic mass is 35.5. The van der Waals surface area contributed by atoms with E-state index in [-0.39, 0.29) is 11.6 Å². The highest BCUT2D eigenvalue weighted by Gasteiger charge is 2.37. The second-order valence-corrected chi connectivity index (χ2v) is 9.33. The quantitative estimate of drug-likeness (QED) is 0.717. The van der Waals surface area contributed by atoms with Crippen molar-refractivity contribution in [2.24, 2.45) is 5.41 Å². The van der Waals surface area contributed by atoms with Gasteiger partial charge in [-0.15, -0.1) is 0 Å². The maximum absolute atomic E-state index is 14.3. The summed E-state index contributed by atoms with van der Waals surface area (Å²) in [5.41, 5.74) is 1.81. The third-order valence-corrected chi connectivity index (χ3v) is 7.55. The molecule has 0 unspecified atom stereocenters. The molecule has 0 atom stereocenters. The number of aliphatic hydroxyl groups excluding tert-OH is 1. The summed E-state index contributed by atoms with van der Waals surface area (Å²) < 4.78 is 14.3. The predicted octanol–water partition coefficient (Wildman–Crippen LogP) is 5.38. The lowest BCUT2D eigenvalue weighted by Gasteiger charge is -2.40. The van der Waals surface area contributed by atoms with Crippen LogP contribution >= 0.6 is 23.4 Å². The van der Waals surface area contributed by atoms with E-state index in [0.717, 1.165) is 24.6 Å². The number of hydrogen-bond donors (Lipinski definition) is 1. The first-order valence-electron chi connectivity index (χ1n) is 9.86. The lowest BCUT2D eigenvalue weighted by molar-refractivity contribution is 0.224. The molecule has 0 radical (unpaired) electrons. The number of anilines is 1. The number of halogens is 2. The third kappa shape index (κ3) is 3.87. The van der Waals surface area contributed by atoms with Crippen LogP contribution in [0.2, 0.25) is 5.02 Å². The molecular formula is C21H25ClFN3OS. The maximum atomic E-state index is 14.3. The summed E-state index contributed by atoms with van der Waals surface area (Å²) in [6.07, 6.45) is 7.77. The Labute approximate surface area is 174 Å². The normalized spacial score (nSPS) is 18.8. The zero-order valence-corrected chi connectivity index (χ0v) is 17.6. The largest absolute Gasteiger partial charge is 0.390 e. The lowest BCUT2D eigenvalue weighted by atomic mass is 9.77. The molecule has 2 heterocycles. The average molecular weight is 422 g/mol. The molecule has 1 saturated carbocycles. The Morgan fingerprint density at radius 1 is 1.18 bits per heavy atom. The summed E-state index contributed by atoms with van der Waals surface area (Å²) in [6.45, 7) is 3.60. The van der Waals surface area contributed by atoms with Crippen LogP contribution < -0.4 is 4.90 Å². The number of aromatic nitrogens is 2. The van der Waals surface area contributed by atoms with Gasteiger partial charge < -0.3 is 10.0 Å². The summed E-state index contributed by atoms with van der Waals surface area (Å²) in [6, 6.07) is 4.91. The van der Waals surface area contributed by atoms with E-state index in [9.17, 15) is 9.50 Å². The molecule has 28 heavy (non-hydrogen) atoms. The van der Waals surface area contributed by atoms with Gasteiger partial charge in [0, 0.05) is 13.1 Å². The summed E-state index contributed by atoms with van der Waals surface area (Å²) in [5, 5.41) is 10.6. The fraction of sp³-hybridized carbons (Fsp3) is 0.524. The van der Waals surface area contributed by atoms with Crippen molar-refractivity contribution in [3.63, 3.8) is 0 Å². The second-order valence-electron chi connectivity index (χ2n) is 7.89. The molecule has 1 saturated heterocycles. The second kappa shape index (κ2) is 8.17. The van der Waals surface area contributed by atoms with Crippen LogP contribution in [0.15, 0.2) is 28.1 Å². The molecule has 1 aliphatic carbocycles. The van der Waals surface area contributed by atoms with Crippen LogP contribution in [-0.4, -0.2) is 28.2 Å². The van der Waals surface area contributed by atoms with Gasteiger partial charge in [-0.3, -0.25) is 0 Å². The van der Waals surface area contributed by atoms with Crippen LogP contribution in [0.4, 0.5) is 10.2 Å². The molecular weight excluding hydrogens is 397 g/mol. The van der Waals surface area contributed by atoms with Gasteiger partial charge in [-0.1, -0.05) is 42.3 Å². The first kappa shape index (κ1) is 19.9. The minimum absolute atomic E-state index is 0.0868. The molecule has 1 aromatic carbocycles. The van der Waals surface area contributed by atoms with Gasteiger partial charge in [-0.25, -0.2) is 14.4 Å². The minimum atomic E-state index is -0.456. The van der Waals surface area contributed by atoms with Gasteiger partial charge in [0.05, 0.1) is 22.2 Å². The zero-order valence-electron chi connectivity index (χ0n) is 16.0. The Hall–Kier alpha value is -1.37. The molecule has 4 nitrogen and oxygen atoms in total. The predicted molar refractivity (Wildman–Crippen MR) is 111 cm³/mol. The molecule has 1 spiro atoms. The maximum Gasteiger partial charge on any atom is 0.155 e. The molecule has 1 N–H and O–H groups in total. The van der Waals surface area contributed by atoms with Gasteiger partial charge in [0.2, 0.25) is 0 Å². The average Bonchev–Trinajstić information content (AvgIpc) is 3.15. The van der Waals surface area contributed by atoms with Crippen molar-refractivity contribution < 1.29 is 9.50 Å². The number of benzene rings is 1. The van der Waals surface area contributed by atoms with Gasteiger partial charge in [-0.2, -0.15) is 0 Å². The van der Waals surface area contributed by atoms with Crippen LogP contribution in [0.5, 0.6) is 0 Å². The standard InChI is InChI=1S/C21H25ClFN3OS/c1-14-20(28-17-6-4-5-15(22)18(17)23)25-16(13-27)19(24-14)26-11-9-21(10-12-26)7-2-3-8-21/h4-6,27H,2-3,7-13H2,1H3. The molecule has 2 aliphatic rings. The third-order valence-electron chi connectivity index (χ3n) is 6.14. The first-order valence-corrected chi connectivity index (χ1v) is 11.1. The van der Waals surface area contributed by atoms with E-state index in [1.165, 1.54) is 56.4 Å². The highest BCUT2D eigenvalue weighted by molar-refractivity contribution is 7.99. The molecule has 4 rings (SSSR count). The van der Waals surface area contributed by atoms with Crippen molar-refractivity contribution in [2.75, 3.05) is 18.0 Å². The van der Waals surface area contributed by atoms with Crippen molar-refractivity contribution >= 4 is 29.2 Å². The lowest BCUT2D eigenvalue weighted by Crippen LogP contribution is -2.40. The Balaban J connectivity index is 1.57.